The molecule has 12 heteroatoms. The Kier molecular flexibility index (Phi) is 7.89. The van der Waals surface area contributed by atoms with Gasteiger partial charge >= 0.3 is 5.97 Å². The summed E-state index contributed by atoms with van der Waals surface area (Å²) < 4.78 is 10.7. The predicted molar refractivity (Wildman–Crippen MR) is 102 cm³/mol. The highest BCUT2D eigenvalue weighted by Crippen LogP contribution is 1.96. The molecule has 31 heavy (non-hydrogen) atoms. The molecule has 2 atom stereocenters. The molecule has 0 aromatic carbocycles. The summed E-state index contributed by atoms with van der Waals surface area (Å²) in [6.07, 6.45) is 14.7. The van der Waals surface area contributed by atoms with E-state index in [1.807, 2.05) is 55.7 Å². The van der Waals surface area contributed by atoms with Gasteiger partial charge in [-0.15, -0.1) is 0 Å². The van der Waals surface area contributed by atoms with Gasteiger partial charge in [0.05, 0.1) is 0 Å². The molecule has 0 saturated heterocycles. The van der Waals surface area contributed by atoms with Gasteiger partial charge in [-0.3, -0.25) is 5.26 Å². The third-order valence-electron chi connectivity index (χ3n) is 4.68. The summed E-state index contributed by atoms with van der Waals surface area (Å²) >= 11 is 0. The van der Waals surface area contributed by atoms with Gasteiger partial charge in [0.25, 0.3) is 0 Å². The van der Waals surface area contributed by atoms with Crippen molar-refractivity contribution in [2.45, 2.75) is 51.5 Å². The van der Waals surface area contributed by atoms with Gasteiger partial charge < -0.3 is 15.3 Å². The van der Waals surface area contributed by atoms with Crippen LogP contribution in [0.3, 0.4) is 0 Å². The standard InChI is InChI=1S/C19H27N6O6/c26-17(9-21-2-1-20(14-21)7-8-31-30)10-22-3-4-23(15-22)11-18(27)12-24-5-6-25(16-24)13-19(28)29/h1-6,14-18,26-27H,7-13H2/q+1/p+2. The van der Waals surface area contributed by atoms with Crippen LogP contribution in [-0.4, -0.2) is 59.1 Å². The molecule has 0 radical (unpaired) electrons. The van der Waals surface area contributed by atoms with Gasteiger partial charge in [-0.05, 0) is 0 Å². The van der Waals surface area contributed by atoms with E-state index in [-0.39, 0.29) is 13.2 Å². The minimum Gasteiger partial charge on any atom is -0.478 e. The number of hydrogen-bond donors (Lipinski definition) is 4. The lowest BCUT2D eigenvalue weighted by molar-refractivity contribution is -0.705. The second-order valence-electron chi connectivity index (χ2n) is 7.47. The van der Waals surface area contributed by atoms with E-state index >= 15 is 0 Å². The van der Waals surface area contributed by atoms with Crippen LogP contribution in [0.5, 0.6) is 0 Å². The van der Waals surface area contributed by atoms with Crippen LogP contribution in [0.25, 0.3) is 0 Å². The molecule has 0 fully saturated rings. The molecule has 3 rings (SSSR count). The van der Waals surface area contributed by atoms with Crippen molar-refractivity contribution in [3.63, 3.8) is 0 Å². The molecule has 0 saturated carbocycles. The van der Waals surface area contributed by atoms with Crippen molar-refractivity contribution in [1.82, 2.24) is 13.7 Å². The molecule has 4 N–H and O–H groups in total. The van der Waals surface area contributed by atoms with E-state index in [1.165, 1.54) is 4.57 Å². The molecule has 0 amide bonds. The summed E-state index contributed by atoms with van der Waals surface area (Å²) in [5, 5.41) is 37.9. The maximum absolute atomic E-state index is 10.7. The Labute approximate surface area is 178 Å². The monoisotopic (exact) mass is 437 g/mol. The van der Waals surface area contributed by atoms with E-state index in [4.69, 9.17) is 10.4 Å². The van der Waals surface area contributed by atoms with Crippen LogP contribution in [0.4, 0.5) is 0 Å². The topological polar surface area (TPSA) is 134 Å². The first-order valence-corrected chi connectivity index (χ1v) is 9.90. The van der Waals surface area contributed by atoms with Crippen LogP contribution >= 0.6 is 0 Å². The fourth-order valence-electron chi connectivity index (χ4n) is 3.37. The zero-order chi connectivity index (χ0) is 22.2. The van der Waals surface area contributed by atoms with Crippen molar-refractivity contribution < 1.29 is 44.0 Å². The van der Waals surface area contributed by atoms with Gasteiger partial charge in [0, 0.05) is 0 Å². The predicted octanol–water partition coefficient (Wildman–Crippen LogP) is -2.35. The molecule has 0 spiro atoms. The van der Waals surface area contributed by atoms with Crippen LogP contribution < -0.4 is 13.7 Å². The number of imidazole rings is 3. The molecule has 3 heterocycles. The zero-order valence-corrected chi connectivity index (χ0v) is 17.1. The highest BCUT2D eigenvalue weighted by molar-refractivity contribution is 5.64. The average Bonchev–Trinajstić information content (AvgIpc) is 3.42. The smallest absolute Gasteiger partial charge is 0.346 e. The lowest BCUT2D eigenvalue weighted by atomic mass is 10.3. The van der Waals surface area contributed by atoms with Crippen LogP contribution in [0.15, 0.2) is 56.2 Å². The van der Waals surface area contributed by atoms with Gasteiger partial charge in [-0.2, -0.15) is 0 Å². The first-order valence-electron chi connectivity index (χ1n) is 9.90. The number of hydrogen-bond acceptors (Lipinski definition) is 5. The van der Waals surface area contributed by atoms with E-state index < -0.39 is 18.2 Å². The summed E-state index contributed by atoms with van der Waals surface area (Å²) in [6.45, 7) is 2.10. The van der Waals surface area contributed by atoms with Crippen molar-refractivity contribution in [1.29, 1.82) is 0 Å². The van der Waals surface area contributed by atoms with Crippen molar-refractivity contribution in [2.75, 3.05) is 6.61 Å². The van der Waals surface area contributed by atoms with Crippen LogP contribution in [0, 0.1) is 0 Å². The number of aliphatic hydroxyl groups is 2. The van der Waals surface area contributed by atoms with Gasteiger partial charge in [0.1, 0.15) is 88.7 Å². The quantitative estimate of drug-likeness (QED) is 0.134. The average molecular weight is 437 g/mol. The number of nitrogens with zero attached hydrogens (tertiary/aromatic N) is 6. The molecule has 12 nitrogen and oxygen atoms in total. The summed E-state index contributed by atoms with van der Waals surface area (Å²) in [7, 11) is 0. The van der Waals surface area contributed by atoms with Crippen molar-refractivity contribution in [2.24, 2.45) is 0 Å². The fourth-order valence-corrected chi connectivity index (χ4v) is 3.37. The van der Waals surface area contributed by atoms with Crippen LogP contribution in [-0.2, 0) is 49.0 Å². The largest absolute Gasteiger partial charge is 0.478 e. The summed E-state index contributed by atoms with van der Waals surface area (Å²) in [6, 6.07) is 0. The Balaban J connectivity index is 1.45. The number of rotatable bonds is 13. The molecule has 0 aliphatic carbocycles. The highest BCUT2D eigenvalue weighted by Gasteiger charge is 2.18. The first-order chi connectivity index (χ1) is 14.9. The summed E-state index contributed by atoms with van der Waals surface area (Å²) in [5.74, 6) is -0.922. The third kappa shape index (κ3) is 7.29. The Morgan fingerprint density at radius 1 is 0.839 bits per heavy atom. The third-order valence-corrected chi connectivity index (χ3v) is 4.68. The Morgan fingerprint density at radius 3 is 1.87 bits per heavy atom. The zero-order valence-electron chi connectivity index (χ0n) is 17.1. The van der Waals surface area contributed by atoms with E-state index in [9.17, 15) is 15.0 Å². The van der Waals surface area contributed by atoms with E-state index in [0.29, 0.717) is 32.7 Å². The van der Waals surface area contributed by atoms with Crippen molar-refractivity contribution >= 4 is 5.97 Å². The van der Waals surface area contributed by atoms with E-state index in [0.717, 1.165) is 0 Å². The molecular weight excluding hydrogens is 408 g/mol. The Bertz CT molecular complexity index is 967. The second kappa shape index (κ2) is 10.8. The fraction of sp³-hybridized carbons (Fsp3) is 0.474. The summed E-state index contributed by atoms with van der Waals surface area (Å²) in [5.41, 5.74) is 0. The van der Waals surface area contributed by atoms with Crippen molar-refractivity contribution in [3.8, 4) is 0 Å². The Hall–Kier alpha value is -3.06. The molecule has 168 valence electrons. The van der Waals surface area contributed by atoms with Gasteiger partial charge in [0.15, 0.2) is 6.54 Å². The maximum atomic E-state index is 10.7. The van der Waals surface area contributed by atoms with Crippen molar-refractivity contribution in [3.05, 3.63) is 56.2 Å². The molecule has 0 aliphatic heterocycles. The minimum absolute atomic E-state index is 0.122. The first kappa shape index (κ1) is 22.6. The normalized spacial score (nSPS) is 13.4. The van der Waals surface area contributed by atoms with E-state index in [1.54, 1.807) is 23.3 Å². The number of aromatic nitrogens is 6. The highest BCUT2D eigenvalue weighted by atomic mass is 17.1. The Morgan fingerprint density at radius 2 is 1.32 bits per heavy atom. The second-order valence-corrected chi connectivity index (χ2v) is 7.47. The van der Waals surface area contributed by atoms with Crippen LogP contribution in [0.2, 0.25) is 0 Å². The maximum Gasteiger partial charge on any atom is 0.346 e. The van der Waals surface area contributed by atoms with Crippen LogP contribution in [0.1, 0.15) is 0 Å². The molecular formula is C19H29N6O6+3. The number of carboxylic acid groups (broad SMARTS) is 1. The molecule has 3 aromatic rings. The number of carbonyl (C=O) groups is 1. The number of carboxylic acids is 1. The molecule has 3 aromatic heterocycles. The van der Waals surface area contributed by atoms with Gasteiger partial charge in [0.2, 0.25) is 19.0 Å². The van der Waals surface area contributed by atoms with Gasteiger partial charge in [-0.1, -0.05) is 0 Å². The summed E-state index contributed by atoms with van der Waals surface area (Å²) in [4.78, 5) is 14.8. The molecule has 0 bridgehead atoms. The van der Waals surface area contributed by atoms with E-state index in [2.05, 4.69) is 4.89 Å². The number of aliphatic carboxylic acids is 1. The lowest BCUT2D eigenvalue weighted by Crippen LogP contribution is -2.41. The lowest BCUT2D eigenvalue weighted by Gasteiger charge is -2.06. The minimum atomic E-state index is -0.922. The number of aliphatic hydroxyl groups excluding tert-OH is 2. The molecule has 0 aliphatic rings. The molecule has 2 unspecified atom stereocenters. The van der Waals surface area contributed by atoms with Gasteiger partial charge in [-0.25, -0.2) is 37.1 Å². The SMILES string of the molecule is O=C(O)C[n+]1ccn(CC(O)C[n+]2ccn(CC(O)C[n+]3ccn(CCOO)c3)c2)c1.